The van der Waals surface area contributed by atoms with Gasteiger partial charge in [-0.15, -0.1) is 0 Å². The number of nitrogens with zero attached hydrogens (tertiary/aromatic N) is 1. The first-order valence-electron chi connectivity index (χ1n) is 7.38. The second-order valence-electron chi connectivity index (χ2n) is 5.00. The third-order valence-electron chi connectivity index (χ3n) is 3.60. The van der Waals surface area contributed by atoms with Gasteiger partial charge >= 0.3 is 0 Å². The van der Waals surface area contributed by atoms with Gasteiger partial charge in [0.1, 0.15) is 0 Å². The normalized spacial score (nSPS) is 12.4. The van der Waals surface area contributed by atoms with Crippen LogP contribution >= 0.6 is 15.9 Å². The number of methoxy groups -OCH3 is 1. The Bertz CT molecular complexity index is 398. The lowest BCUT2D eigenvalue weighted by Crippen LogP contribution is -2.32. The molecule has 1 atom stereocenters. The van der Waals surface area contributed by atoms with Crippen molar-refractivity contribution in [1.82, 2.24) is 5.32 Å². The van der Waals surface area contributed by atoms with E-state index in [4.69, 9.17) is 4.74 Å². The summed E-state index contributed by atoms with van der Waals surface area (Å²) >= 11 is 3.71. The molecule has 0 aliphatic carbocycles. The predicted octanol–water partition coefficient (Wildman–Crippen LogP) is 3.81. The monoisotopic (exact) mass is 342 g/mol. The molecule has 1 aromatic carbocycles. The van der Waals surface area contributed by atoms with Crippen LogP contribution in [0, 0.1) is 0 Å². The molecule has 0 fully saturated rings. The zero-order valence-corrected chi connectivity index (χ0v) is 14.7. The van der Waals surface area contributed by atoms with Crippen LogP contribution in [-0.2, 0) is 11.3 Å². The van der Waals surface area contributed by atoms with Crippen molar-refractivity contribution < 1.29 is 4.74 Å². The number of halogens is 1. The molecular formula is C16H27BrN2O. The molecule has 0 heterocycles. The molecule has 1 rings (SSSR count). The molecule has 0 saturated carbocycles. The van der Waals surface area contributed by atoms with Crippen LogP contribution in [0.2, 0.25) is 0 Å². The van der Waals surface area contributed by atoms with E-state index in [0.29, 0.717) is 6.04 Å². The Morgan fingerprint density at radius 2 is 2.10 bits per heavy atom. The Balaban J connectivity index is 2.71. The van der Waals surface area contributed by atoms with Gasteiger partial charge in [-0.05, 0) is 53.9 Å². The first-order chi connectivity index (χ1) is 9.63. The number of ether oxygens (including phenoxy) is 1. The Morgan fingerprint density at radius 3 is 2.65 bits per heavy atom. The number of rotatable bonds is 9. The van der Waals surface area contributed by atoms with Crippen LogP contribution in [0.1, 0.15) is 32.8 Å². The molecule has 0 aromatic heterocycles. The van der Waals surface area contributed by atoms with E-state index in [0.717, 1.165) is 32.7 Å². The lowest BCUT2D eigenvalue weighted by molar-refractivity contribution is 0.199. The molecule has 1 N–H and O–H groups in total. The van der Waals surface area contributed by atoms with Crippen molar-refractivity contribution in [3.05, 3.63) is 28.2 Å². The van der Waals surface area contributed by atoms with E-state index >= 15 is 0 Å². The molecule has 0 saturated heterocycles. The summed E-state index contributed by atoms with van der Waals surface area (Å²) in [6.07, 6.45) is 1.15. The van der Waals surface area contributed by atoms with Crippen molar-refractivity contribution in [2.24, 2.45) is 0 Å². The molecule has 0 amide bonds. The van der Waals surface area contributed by atoms with Crippen molar-refractivity contribution >= 4 is 21.6 Å². The van der Waals surface area contributed by atoms with E-state index < -0.39 is 0 Å². The minimum Gasteiger partial charge on any atom is -0.383 e. The summed E-state index contributed by atoms with van der Waals surface area (Å²) in [5, 5.41) is 3.37. The second kappa shape index (κ2) is 9.37. The fraction of sp³-hybridized carbons (Fsp3) is 0.625. The predicted molar refractivity (Wildman–Crippen MR) is 90.5 cm³/mol. The van der Waals surface area contributed by atoms with Gasteiger partial charge in [-0.25, -0.2) is 0 Å². The van der Waals surface area contributed by atoms with E-state index in [-0.39, 0.29) is 0 Å². The molecule has 0 radical (unpaired) electrons. The van der Waals surface area contributed by atoms with Gasteiger partial charge < -0.3 is 15.0 Å². The van der Waals surface area contributed by atoms with E-state index in [1.807, 2.05) is 0 Å². The van der Waals surface area contributed by atoms with E-state index in [1.165, 1.54) is 15.7 Å². The van der Waals surface area contributed by atoms with Crippen molar-refractivity contribution in [2.45, 2.75) is 39.8 Å². The molecule has 0 spiro atoms. The van der Waals surface area contributed by atoms with E-state index in [2.05, 4.69) is 65.1 Å². The van der Waals surface area contributed by atoms with Crippen LogP contribution in [0.15, 0.2) is 22.7 Å². The summed E-state index contributed by atoms with van der Waals surface area (Å²) in [6, 6.07) is 7.18. The first-order valence-corrected chi connectivity index (χ1v) is 8.18. The maximum atomic E-state index is 5.03. The number of anilines is 1. The highest BCUT2D eigenvalue weighted by atomic mass is 79.9. The van der Waals surface area contributed by atoms with Crippen molar-refractivity contribution in [3.8, 4) is 0 Å². The minimum absolute atomic E-state index is 0.557. The highest BCUT2D eigenvalue weighted by molar-refractivity contribution is 9.10. The Kier molecular flexibility index (Phi) is 8.19. The molecule has 3 nitrogen and oxygen atoms in total. The molecule has 20 heavy (non-hydrogen) atoms. The second-order valence-corrected chi connectivity index (χ2v) is 5.85. The Morgan fingerprint density at radius 1 is 1.35 bits per heavy atom. The average Bonchev–Trinajstić information content (AvgIpc) is 2.46. The minimum atomic E-state index is 0.557. The first kappa shape index (κ1) is 17.5. The van der Waals surface area contributed by atoms with Gasteiger partial charge in [0.25, 0.3) is 0 Å². The molecule has 114 valence electrons. The van der Waals surface area contributed by atoms with Gasteiger partial charge in [0.15, 0.2) is 0 Å². The molecule has 1 aromatic rings. The number of hydrogen-bond acceptors (Lipinski definition) is 3. The highest BCUT2D eigenvalue weighted by Gasteiger charge is 2.13. The van der Waals surface area contributed by atoms with Gasteiger partial charge in [0.05, 0.1) is 12.3 Å². The smallest absolute Gasteiger partial charge is 0.0587 e. The summed E-state index contributed by atoms with van der Waals surface area (Å²) in [5.41, 5.74) is 2.57. The van der Waals surface area contributed by atoms with Crippen LogP contribution in [0.3, 0.4) is 0 Å². The van der Waals surface area contributed by atoms with Crippen LogP contribution in [0.4, 0.5) is 5.69 Å². The molecule has 0 bridgehead atoms. The number of benzene rings is 1. The SMILES string of the molecule is CCC(C)N(CC)c1ccc(CNCCOC)cc1Br. The van der Waals surface area contributed by atoms with Gasteiger partial charge in [0, 0.05) is 37.3 Å². The Hall–Kier alpha value is -0.580. The zero-order chi connectivity index (χ0) is 15.0. The molecule has 4 heteroatoms. The number of nitrogens with one attached hydrogen (secondary N) is 1. The molecule has 0 aliphatic heterocycles. The fourth-order valence-electron chi connectivity index (χ4n) is 2.24. The van der Waals surface area contributed by atoms with Crippen LogP contribution in [0.5, 0.6) is 0 Å². The van der Waals surface area contributed by atoms with Crippen LogP contribution in [0.25, 0.3) is 0 Å². The van der Waals surface area contributed by atoms with Gasteiger partial charge in [0.2, 0.25) is 0 Å². The summed E-state index contributed by atoms with van der Waals surface area (Å²) in [4.78, 5) is 2.44. The van der Waals surface area contributed by atoms with Crippen molar-refractivity contribution in [2.75, 3.05) is 31.7 Å². The third kappa shape index (κ3) is 5.08. The standard InChI is InChI=1S/C16H27BrN2O/c1-5-13(3)19(6-2)16-8-7-14(11-15(16)17)12-18-9-10-20-4/h7-8,11,13,18H,5-6,9-10,12H2,1-4H3. The lowest BCUT2D eigenvalue weighted by atomic mass is 10.1. The summed E-state index contributed by atoms with van der Waals surface area (Å²) in [7, 11) is 1.72. The molecule has 0 aliphatic rings. The topological polar surface area (TPSA) is 24.5 Å². The lowest BCUT2D eigenvalue weighted by Gasteiger charge is -2.30. The quantitative estimate of drug-likeness (QED) is 0.690. The maximum Gasteiger partial charge on any atom is 0.0587 e. The average molecular weight is 343 g/mol. The Labute approximate surface area is 131 Å². The summed E-state index contributed by atoms with van der Waals surface area (Å²) < 4.78 is 6.20. The largest absolute Gasteiger partial charge is 0.383 e. The summed E-state index contributed by atoms with van der Waals surface area (Å²) in [5.74, 6) is 0. The van der Waals surface area contributed by atoms with Gasteiger partial charge in [-0.1, -0.05) is 13.0 Å². The van der Waals surface area contributed by atoms with E-state index in [9.17, 15) is 0 Å². The van der Waals surface area contributed by atoms with Gasteiger partial charge in [-0.3, -0.25) is 0 Å². The van der Waals surface area contributed by atoms with E-state index in [1.54, 1.807) is 7.11 Å². The highest BCUT2D eigenvalue weighted by Crippen LogP contribution is 2.29. The van der Waals surface area contributed by atoms with Gasteiger partial charge in [-0.2, -0.15) is 0 Å². The van der Waals surface area contributed by atoms with Crippen LogP contribution in [-0.4, -0.2) is 32.8 Å². The number of hydrogen-bond donors (Lipinski definition) is 1. The molecular weight excluding hydrogens is 316 g/mol. The fourth-order valence-corrected chi connectivity index (χ4v) is 2.89. The van der Waals surface area contributed by atoms with Crippen LogP contribution < -0.4 is 10.2 Å². The molecule has 1 unspecified atom stereocenters. The van der Waals surface area contributed by atoms with Crippen molar-refractivity contribution in [3.63, 3.8) is 0 Å². The maximum absolute atomic E-state index is 5.03. The van der Waals surface area contributed by atoms with Crippen molar-refractivity contribution in [1.29, 1.82) is 0 Å². The third-order valence-corrected chi connectivity index (χ3v) is 4.23. The summed E-state index contributed by atoms with van der Waals surface area (Å²) in [6.45, 7) is 10.2. The zero-order valence-electron chi connectivity index (χ0n) is 13.1.